The summed E-state index contributed by atoms with van der Waals surface area (Å²) in [4.78, 5) is 41.6. The summed E-state index contributed by atoms with van der Waals surface area (Å²) in [6, 6.07) is 20.1. The summed E-state index contributed by atoms with van der Waals surface area (Å²) < 4.78 is 31.3. The lowest BCUT2D eigenvalue weighted by Crippen LogP contribution is -2.32. The number of methoxy groups -OCH3 is 1. The molecular weight excluding hydrogens is 690 g/mol. The van der Waals surface area contributed by atoms with Crippen LogP contribution >= 0.6 is 11.6 Å². The number of halogens is 1. The van der Waals surface area contributed by atoms with Crippen molar-refractivity contribution in [1.82, 2.24) is 14.8 Å². The van der Waals surface area contributed by atoms with Crippen molar-refractivity contribution in [3.8, 4) is 11.5 Å². The first-order valence-electron chi connectivity index (χ1n) is 17.3. The Morgan fingerprint density at radius 2 is 1.75 bits per heavy atom. The Morgan fingerprint density at radius 3 is 2.49 bits per heavy atom. The van der Waals surface area contributed by atoms with E-state index in [4.69, 9.17) is 25.8 Å². The SMILES string of the molecule is COc1ccc2c(c1)c(CC(=O)OC(C)CS(=O)CC(=O)NCCCOc1cccc(CN3CCCCC3)c1)c(C)n2C(=O)c1ccc(Cl)cc1. The van der Waals surface area contributed by atoms with Crippen LogP contribution in [-0.2, 0) is 38.1 Å². The number of esters is 1. The number of amides is 1. The number of rotatable bonds is 16. The van der Waals surface area contributed by atoms with Gasteiger partial charge in [0.2, 0.25) is 5.91 Å². The van der Waals surface area contributed by atoms with Crippen molar-refractivity contribution in [3.05, 3.63) is 94.1 Å². The molecular formula is C39H46ClN3O7S. The van der Waals surface area contributed by atoms with Gasteiger partial charge in [0.1, 0.15) is 23.4 Å². The summed E-state index contributed by atoms with van der Waals surface area (Å²) in [5.41, 5.74) is 3.52. The number of carbonyl (C=O) groups excluding carboxylic acids is 3. The van der Waals surface area contributed by atoms with Gasteiger partial charge in [-0.05, 0) is 112 Å². The third kappa shape index (κ3) is 10.7. The van der Waals surface area contributed by atoms with Crippen LogP contribution in [0.1, 0.15) is 59.8 Å². The van der Waals surface area contributed by atoms with E-state index in [1.165, 1.54) is 24.8 Å². The van der Waals surface area contributed by atoms with Gasteiger partial charge in [-0.2, -0.15) is 0 Å². The first kappa shape index (κ1) is 38.1. The van der Waals surface area contributed by atoms with Crippen molar-refractivity contribution in [2.75, 3.05) is 44.9 Å². The normalized spacial score (nSPS) is 14.5. The second-order valence-corrected chi connectivity index (χ2v) is 14.8. The molecule has 10 nitrogen and oxygen atoms in total. The number of fused-ring (bicyclic) bond motifs is 1. The highest BCUT2D eigenvalue weighted by atomic mass is 35.5. The molecule has 0 spiro atoms. The molecule has 272 valence electrons. The molecule has 1 amide bonds. The molecule has 1 N–H and O–H groups in total. The van der Waals surface area contributed by atoms with Crippen LogP contribution in [0.2, 0.25) is 5.02 Å². The smallest absolute Gasteiger partial charge is 0.310 e. The molecule has 0 aliphatic carbocycles. The summed E-state index contributed by atoms with van der Waals surface area (Å²) in [7, 11) is 0.00597. The molecule has 0 bridgehead atoms. The van der Waals surface area contributed by atoms with Gasteiger partial charge >= 0.3 is 5.97 Å². The molecule has 51 heavy (non-hydrogen) atoms. The highest BCUT2D eigenvalue weighted by Gasteiger charge is 2.24. The lowest BCUT2D eigenvalue weighted by atomic mass is 10.1. The number of carbonyl (C=O) groups is 3. The molecule has 5 rings (SSSR count). The van der Waals surface area contributed by atoms with Gasteiger partial charge in [-0.15, -0.1) is 0 Å². The number of hydrogen-bond acceptors (Lipinski definition) is 8. The maximum absolute atomic E-state index is 13.6. The predicted octanol–water partition coefficient (Wildman–Crippen LogP) is 6.09. The Kier molecular flexibility index (Phi) is 13.7. The summed E-state index contributed by atoms with van der Waals surface area (Å²) >= 11 is 6.03. The van der Waals surface area contributed by atoms with Crippen LogP contribution in [0.3, 0.4) is 0 Å². The number of likely N-dealkylation sites (tertiary alicyclic amines) is 1. The number of benzene rings is 3. The molecule has 1 fully saturated rings. The van der Waals surface area contributed by atoms with Crippen LogP contribution in [0.15, 0.2) is 66.7 Å². The number of hydrogen-bond donors (Lipinski definition) is 1. The van der Waals surface area contributed by atoms with E-state index in [1.54, 1.807) is 68.0 Å². The fraction of sp³-hybridized carbons (Fsp3) is 0.410. The minimum atomic E-state index is -1.54. The van der Waals surface area contributed by atoms with Crippen LogP contribution in [0.25, 0.3) is 10.9 Å². The summed E-state index contributed by atoms with van der Waals surface area (Å²) in [6.45, 7) is 7.47. The van der Waals surface area contributed by atoms with E-state index in [2.05, 4.69) is 22.3 Å². The summed E-state index contributed by atoms with van der Waals surface area (Å²) in [6.07, 6.45) is 3.62. The number of nitrogens with one attached hydrogen (secondary N) is 1. The second-order valence-electron chi connectivity index (χ2n) is 12.9. The number of piperidine rings is 1. The molecule has 1 aliphatic rings. The Hall–Kier alpha value is -4.19. The summed E-state index contributed by atoms with van der Waals surface area (Å²) in [5.74, 6) is 0.0775. The second kappa shape index (κ2) is 18.3. The van der Waals surface area contributed by atoms with Crippen molar-refractivity contribution >= 4 is 51.1 Å². The van der Waals surface area contributed by atoms with Crippen LogP contribution in [0.5, 0.6) is 11.5 Å². The molecule has 1 aromatic heterocycles. The minimum absolute atomic E-state index is 0.0135. The molecule has 4 aromatic rings. The third-order valence-electron chi connectivity index (χ3n) is 8.87. The standard InChI is InChI=1S/C39H46ClN3O7S/c1-27(25-51(47)26-37(44)41-17-8-20-49-33-10-7-9-29(21-33)24-42-18-5-4-6-19-42)50-38(45)23-34-28(2)43(36-16-15-32(48-3)22-35(34)36)39(46)30-11-13-31(40)14-12-30/h7,9-16,21-22,27H,4-6,8,17-20,23-26H2,1-3H3,(H,41,44). The third-order valence-corrected chi connectivity index (χ3v) is 10.5. The van der Waals surface area contributed by atoms with Crippen LogP contribution < -0.4 is 14.8 Å². The number of nitrogens with zero attached hydrogens (tertiary/aromatic N) is 2. The highest BCUT2D eigenvalue weighted by molar-refractivity contribution is 7.85. The van der Waals surface area contributed by atoms with Gasteiger partial charge in [-0.25, -0.2) is 0 Å². The zero-order valence-electron chi connectivity index (χ0n) is 29.5. The predicted molar refractivity (Wildman–Crippen MR) is 200 cm³/mol. The highest BCUT2D eigenvalue weighted by Crippen LogP contribution is 2.31. The molecule has 2 unspecified atom stereocenters. The number of aromatic nitrogens is 1. The quantitative estimate of drug-likeness (QED) is 0.109. The molecule has 3 aromatic carbocycles. The molecule has 0 radical (unpaired) electrons. The van der Waals surface area contributed by atoms with Crippen LogP contribution in [-0.4, -0.2) is 82.4 Å². The van der Waals surface area contributed by atoms with Gasteiger partial charge in [0, 0.05) is 45.6 Å². The zero-order valence-corrected chi connectivity index (χ0v) is 31.0. The Balaban J connectivity index is 1.07. The van der Waals surface area contributed by atoms with E-state index >= 15 is 0 Å². The monoisotopic (exact) mass is 735 g/mol. The van der Waals surface area contributed by atoms with Gasteiger partial charge < -0.3 is 19.5 Å². The van der Waals surface area contributed by atoms with Gasteiger partial charge in [0.15, 0.2) is 0 Å². The van der Waals surface area contributed by atoms with Crippen molar-refractivity contribution in [3.63, 3.8) is 0 Å². The zero-order chi connectivity index (χ0) is 36.3. The summed E-state index contributed by atoms with van der Waals surface area (Å²) in [5, 5.41) is 4.00. The van der Waals surface area contributed by atoms with Gasteiger partial charge in [-0.1, -0.05) is 30.2 Å². The molecule has 2 atom stereocenters. The first-order chi connectivity index (χ1) is 24.6. The van der Waals surface area contributed by atoms with E-state index in [9.17, 15) is 18.6 Å². The molecule has 0 saturated carbocycles. The number of ether oxygens (including phenoxy) is 3. The average Bonchev–Trinajstić information content (AvgIpc) is 3.38. The van der Waals surface area contributed by atoms with E-state index in [1.807, 2.05) is 12.1 Å². The van der Waals surface area contributed by atoms with Crippen molar-refractivity contribution < 1.29 is 32.8 Å². The average molecular weight is 736 g/mol. The molecule has 1 aliphatic heterocycles. The van der Waals surface area contributed by atoms with E-state index in [0.717, 1.165) is 25.4 Å². The Morgan fingerprint density at radius 1 is 0.980 bits per heavy atom. The van der Waals surface area contributed by atoms with E-state index in [0.29, 0.717) is 58.1 Å². The lowest BCUT2D eigenvalue weighted by Gasteiger charge is -2.26. The largest absolute Gasteiger partial charge is 0.497 e. The Labute approximate surface area is 306 Å². The maximum Gasteiger partial charge on any atom is 0.310 e. The van der Waals surface area contributed by atoms with Crippen molar-refractivity contribution in [2.45, 2.75) is 58.6 Å². The molecule has 12 heteroatoms. The van der Waals surface area contributed by atoms with Gasteiger partial charge in [-0.3, -0.25) is 28.1 Å². The topological polar surface area (TPSA) is 116 Å². The fourth-order valence-electron chi connectivity index (χ4n) is 6.36. The lowest BCUT2D eigenvalue weighted by molar-refractivity contribution is -0.146. The van der Waals surface area contributed by atoms with Gasteiger partial charge in [0.25, 0.3) is 5.91 Å². The molecule has 2 heterocycles. The van der Waals surface area contributed by atoms with Crippen LogP contribution in [0, 0.1) is 6.92 Å². The van der Waals surface area contributed by atoms with Crippen molar-refractivity contribution in [1.29, 1.82) is 0 Å². The molecule has 1 saturated heterocycles. The maximum atomic E-state index is 13.6. The first-order valence-corrected chi connectivity index (χ1v) is 19.2. The Bertz CT molecular complexity index is 1850. The van der Waals surface area contributed by atoms with Gasteiger partial charge in [0.05, 0.1) is 31.4 Å². The van der Waals surface area contributed by atoms with Crippen LogP contribution in [0.4, 0.5) is 0 Å². The minimum Gasteiger partial charge on any atom is -0.497 e. The van der Waals surface area contributed by atoms with E-state index in [-0.39, 0.29) is 29.7 Å². The van der Waals surface area contributed by atoms with E-state index < -0.39 is 22.9 Å². The van der Waals surface area contributed by atoms with Crippen molar-refractivity contribution in [2.24, 2.45) is 0 Å². The fourth-order valence-corrected chi connectivity index (χ4v) is 7.59.